The standard InChI is InChI=1S/C16H28N2O3/c1-16(14(19)20)10-4-9-13(16)18-15(21)17-11-5-8-12-6-2-3-7-12/h12-13H,2-11H2,1H3,(H,19,20)(H2,17,18,21). The van der Waals surface area contributed by atoms with Crippen LogP contribution < -0.4 is 10.6 Å². The van der Waals surface area contributed by atoms with Crippen LogP contribution in [-0.2, 0) is 4.79 Å². The Labute approximate surface area is 126 Å². The fourth-order valence-electron chi connectivity index (χ4n) is 3.75. The predicted octanol–water partition coefficient (Wildman–Crippen LogP) is 2.90. The number of urea groups is 1. The molecule has 0 aromatic heterocycles. The summed E-state index contributed by atoms with van der Waals surface area (Å²) in [5.74, 6) is 0.0338. The minimum atomic E-state index is -0.818. The Kier molecular flexibility index (Phi) is 5.48. The number of hydrogen-bond acceptors (Lipinski definition) is 2. The van der Waals surface area contributed by atoms with E-state index in [0.29, 0.717) is 13.0 Å². The molecule has 3 N–H and O–H groups in total. The summed E-state index contributed by atoms with van der Waals surface area (Å²) < 4.78 is 0. The zero-order valence-electron chi connectivity index (χ0n) is 13.0. The summed E-state index contributed by atoms with van der Waals surface area (Å²) in [5.41, 5.74) is -0.818. The van der Waals surface area contributed by atoms with Crippen LogP contribution in [0.25, 0.3) is 0 Å². The molecule has 0 aromatic carbocycles. The molecule has 21 heavy (non-hydrogen) atoms. The van der Waals surface area contributed by atoms with Crippen molar-refractivity contribution < 1.29 is 14.7 Å². The normalized spacial score (nSPS) is 29.5. The number of carboxylic acids is 1. The monoisotopic (exact) mass is 296 g/mol. The van der Waals surface area contributed by atoms with E-state index in [0.717, 1.165) is 25.2 Å². The molecule has 0 radical (unpaired) electrons. The maximum Gasteiger partial charge on any atom is 0.315 e. The lowest BCUT2D eigenvalue weighted by Gasteiger charge is -2.27. The maximum atomic E-state index is 11.9. The summed E-state index contributed by atoms with van der Waals surface area (Å²) in [6, 6.07) is -0.481. The van der Waals surface area contributed by atoms with Gasteiger partial charge in [-0.05, 0) is 38.5 Å². The van der Waals surface area contributed by atoms with E-state index in [1.54, 1.807) is 6.92 Å². The lowest BCUT2D eigenvalue weighted by atomic mass is 9.85. The van der Waals surface area contributed by atoms with E-state index >= 15 is 0 Å². The fraction of sp³-hybridized carbons (Fsp3) is 0.875. The van der Waals surface area contributed by atoms with Gasteiger partial charge in [0.2, 0.25) is 0 Å². The Morgan fingerprint density at radius 2 is 1.90 bits per heavy atom. The number of carbonyl (C=O) groups is 2. The Morgan fingerprint density at radius 3 is 2.57 bits per heavy atom. The molecule has 120 valence electrons. The molecule has 2 unspecified atom stereocenters. The molecule has 0 bridgehead atoms. The molecule has 2 atom stereocenters. The minimum absolute atomic E-state index is 0.221. The van der Waals surface area contributed by atoms with Gasteiger partial charge in [0.15, 0.2) is 0 Å². The molecule has 2 aliphatic carbocycles. The van der Waals surface area contributed by atoms with E-state index in [1.165, 1.54) is 32.1 Å². The third-order valence-electron chi connectivity index (χ3n) is 5.30. The van der Waals surface area contributed by atoms with E-state index < -0.39 is 11.4 Å². The van der Waals surface area contributed by atoms with Gasteiger partial charge in [0.25, 0.3) is 0 Å². The van der Waals surface area contributed by atoms with E-state index in [4.69, 9.17) is 0 Å². The van der Waals surface area contributed by atoms with Crippen LogP contribution in [-0.4, -0.2) is 29.7 Å². The topological polar surface area (TPSA) is 78.4 Å². The van der Waals surface area contributed by atoms with Gasteiger partial charge in [0.1, 0.15) is 0 Å². The molecular formula is C16H28N2O3. The fourth-order valence-corrected chi connectivity index (χ4v) is 3.75. The number of amides is 2. The average molecular weight is 296 g/mol. The third kappa shape index (κ3) is 4.11. The maximum absolute atomic E-state index is 11.9. The quantitative estimate of drug-likeness (QED) is 0.659. The van der Waals surface area contributed by atoms with Crippen molar-refractivity contribution in [2.24, 2.45) is 11.3 Å². The first-order chi connectivity index (χ1) is 10.0. The van der Waals surface area contributed by atoms with Gasteiger partial charge in [-0.3, -0.25) is 4.79 Å². The van der Waals surface area contributed by atoms with Crippen molar-refractivity contribution in [2.75, 3.05) is 6.54 Å². The molecule has 0 aromatic rings. The molecule has 2 saturated carbocycles. The first-order valence-electron chi connectivity index (χ1n) is 8.30. The van der Waals surface area contributed by atoms with Gasteiger partial charge in [-0.15, -0.1) is 0 Å². The highest BCUT2D eigenvalue weighted by atomic mass is 16.4. The molecule has 0 aliphatic heterocycles. The summed E-state index contributed by atoms with van der Waals surface area (Å²) in [5, 5.41) is 15.0. The van der Waals surface area contributed by atoms with Crippen LogP contribution in [0.1, 0.15) is 64.7 Å². The number of hydrogen-bond donors (Lipinski definition) is 3. The number of rotatable bonds is 6. The molecule has 5 heteroatoms. The summed E-state index contributed by atoms with van der Waals surface area (Å²) in [7, 11) is 0. The lowest BCUT2D eigenvalue weighted by molar-refractivity contribution is -0.148. The highest BCUT2D eigenvalue weighted by molar-refractivity contribution is 5.79. The van der Waals surface area contributed by atoms with Crippen molar-refractivity contribution in [1.82, 2.24) is 10.6 Å². The van der Waals surface area contributed by atoms with Crippen molar-refractivity contribution in [2.45, 2.75) is 70.8 Å². The van der Waals surface area contributed by atoms with Gasteiger partial charge < -0.3 is 15.7 Å². The van der Waals surface area contributed by atoms with Crippen LogP contribution in [0.3, 0.4) is 0 Å². The Morgan fingerprint density at radius 1 is 1.19 bits per heavy atom. The molecule has 2 fully saturated rings. The smallest absolute Gasteiger partial charge is 0.315 e. The number of aliphatic carboxylic acids is 1. The van der Waals surface area contributed by atoms with Crippen molar-refractivity contribution >= 4 is 12.0 Å². The molecule has 5 nitrogen and oxygen atoms in total. The largest absolute Gasteiger partial charge is 0.481 e. The first-order valence-corrected chi connectivity index (χ1v) is 8.30. The number of carboxylic acid groups (broad SMARTS) is 1. The average Bonchev–Trinajstić information content (AvgIpc) is 3.06. The zero-order valence-corrected chi connectivity index (χ0v) is 13.0. The van der Waals surface area contributed by atoms with Crippen molar-refractivity contribution in [3.8, 4) is 0 Å². The highest BCUT2D eigenvalue weighted by Crippen LogP contribution is 2.38. The van der Waals surface area contributed by atoms with Gasteiger partial charge in [-0.25, -0.2) is 4.79 Å². The zero-order chi connectivity index (χ0) is 15.3. The molecule has 2 rings (SSSR count). The van der Waals surface area contributed by atoms with E-state index in [9.17, 15) is 14.7 Å². The first kappa shape index (κ1) is 16.1. The highest BCUT2D eigenvalue weighted by Gasteiger charge is 2.45. The van der Waals surface area contributed by atoms with Crippen molar-refractivity contribution in [3.05, 3.63) is 0 Å². The summed E-state index contributed by atoms with van der Waals surface area (Å²) in [6.45, 7) is 2.41. The summed E-state index contributed by atoms with van der Waals surface area (Å²) >= 11 is 0. The van der Waals surface area contributed by atoms with Gasteiger partial charge in [-0.1, -0.05) is 32.1 Å². The molecule has 2 aliphatic rings. The van der Waals surface area contributed by atoms with Crippen LogP contribution in [0.2, 0.25) is 0 Å². The Balaban J connectivity index is 1.65. The third-order valence-corrected chi connectivity index (χ3v) is 5.30. The molecular weight excluding hydrogens is 268 g/mol. The molecule has 0 saturated heterocycles. The second-order valence-corrected chi connectivity index (χ2v) is 6.86. The lowest BCUT2D eigenvalue weighted by Crippen LogP contribution is -2.50. The minimum Gasteiger partial charge on any atom is -0.481 e. The predicted molar refractivity (Wildman–Crippen MR) is 81.1 cm³/mol. The van der Waals surface area contributed by atoms with Gasteiger partial charge in [0, 0.05) is 12.6 Å². The summed E-state index contributed by atoms with van der Waals surface area (Å²) in [4.78, 5) is 23.2. The van der Waals surface area contributed by atoms with Crippen LogP contribution in [0.5, 0.6) is 0 Å². The van der Waals surface area contributed by atoms with Gasteiger partial charge in [0.05, 0.1) is 5.41 Å². The number of nitrogens with one attached hydrogen (secondary N) is 2. The van der Waals surface area contributed by atoms with Gasteiger partial charge >= 0.3 is 12.0 Å². The Bertz CT molecular complexity index is 380. The van der Waals surface area contributed by atoms with Gasteiger partial charge in [-0.2, -0.15) is 0 Å². The molecule has 2 amide bonds. The number of carbonyl (C=O) groups excluding carboxylic acids is 1. The molecule has 0 heterocycles. The van der Waals surface area contributed by atoms with Crippen LogP contribution in [0, 0.1) is 11.3 Å². The SMILES string of the molecule is CC1(C(=O)O)CCCC1NC(=O)NCCCC1CCCC1. The van der Waals surface area contributed by atoms with Crippen molar-refractivity contribution in [1.29, 1.82) is 0 Å². The van der Waals surface area contributed by atoms with Crippen LogP contribution in [0.4, 0.5) is 4.79 Å². The molecule has 0 spiro atoms. The summed E-state index contributed by atoms with van der Waals surface area (Å²) in [6.07, 6.45) is 9.83. The van der Waals surface area contributed by atoms with Crippen LogP contribution >= 0.6 is 0 Å². The Hall–Kier alpha value is -1.26. The second kappa shape index (κ2) is 7.14. The van der Waals surface area contributed by atoms with Crippen LogP contribution in [0.15, 0.2) is 0 Å². The van der Waals surface area contributed by atoms with E-state index in [2.05, 4.69) is 10.6 Å². The van der Waals surface area contributed by atoms with Crippen molar-refractivity contribution in [3.63, 3.8) is 0 Å². The van der Waals surface area contributed by atoms with E-state index in [-0.39, 0.29) is 12.1 Å². The second-order valence-electron chi connectivity index (χ2n) is 6.86. The van der Waals surface area contributed by atoms with E-state index in [1.807, 2.05) is 0 Å².